The zero-order chi connectivity index (χ0) is 17.9. The van der Waals surface area contributed by atoms with E-state index in [-0.39, 0.29) is 12.0 Å². The predicted molar refractivity (Wildman–Crippen MR) is 102 cm³/mol. The molecule has 1 amide bonds. The highest BCUT2D eigenvalue weighted by atomic mass is 32.1. The van der Waals surface area contributed by atoms with Crippen molar-refractivity contribution in [3.05, 3.63) is 75.2 Å². The molecule has 0 unspecified atom stereocenters. The first-order valence-corrected chi connectivity index (χ1v) is 9.57. The average molecular weight is 367 g/mol. The maximum Gasteiger partial charge on any atom is 0.261 e. The highest BCUT2D eigenvalue weighted by molar-refractivity contribution is 7.13. The SMILES string of the molecule is Cc1ccc(C(=O)NC[C@H]2OCCc3cn(Cc4ccccc4)nc32)s1. The van der Waals surface area contributed by atoms with Crippen LogP contribution in [-0.2, 0) is 17.7 Å². The standard InChI is InChI=1S/C20H21N3O2S/c1-14-7-8-18(26-14)20(24)21-11-17-19-16(9-10-25-17)13-23(22-19)12-15-5-3-2-4-6-15/h2-8,13,17H,9-12H2,1H3,(H,21,24)/t17-/m1/s1. The van der Waals surface area contributed by atoms with Crippen LogP contribution in [-0.4, -0.2) is 28.8 Å². The number of aryl methyl sites for hydroxylation is 1. The summed E-state index contributed by atoms with van der Waals surface area (Å²) in [6, 6.07) is 14.1. The third-order valence-electron chi connectivity index (χ3n) is 4.47. The molecule has 1 aliphatic rings. The summed E-state index contributed by atoms with van der Waals surface area (Å²) in [7, 11) is 0. The lowest BCUT2D eigenvalue weighted by Gasteiger charge is -2.22. The minimum absolute atomic E-state index is 0.0532. The van der Waals surface area contributed by atoms with Crippen LogP contribution in [0.5, 0.6) is 0 Å². The van der Waals surface area contributed by atoms with Gasteiger partial charge in [0.25, 0.3) is 5.91 Å². The monoisotopic (exact) mass is 367 g/mol. The molecule has 4 rings (SSSR count). The van der Waals surface area contributed by atoms with Gasteiger partial charge in [-0.1, -0.05) is 30.3 Å². The summed E-state index contributed by atoms with van der Waals surface area (Å²) in [5.41, 5.74) is 3.36. The number of amides is 1. The van der Waals surface area contributed by atoms with Crippen LogP contribution in [0.4, 0.5) is 0 Å². The highest BCUT2D eigenvalue weighted by Gasteiger charge is 2.25. The summed E-state index contributed by atoms with van der Waals surface area (Å²) in [6.45, 7) is 3.83. The molecule has 134 valence electrons. The Morgan fingerprint density at radius 1 is 1.31 bits per heavy atom. The van der Waals surface area contributed by atoms with E-state index in [4.69, 9.17) is 9.84 Å². The van der Waals surface area contributed by atoms with Crippen molar-refractivity contribution in [2.75, 3.05) is 13.2 Å². The van der Waals surface area contributed by atoms with E-state index in [0.29, 0.717) is 13.2 Å². The van der Waals surface area contributed by atoms with Gasteiger partial charge in [-0.2, -0.15) is 5.10 Å². The number of carbonyl (C=O) groups excluding carboxylic acids is 1. The van der Waals surface area contributed by atoms with E-state index < -0.39 is 0 Å². The summed E-state index contributed by atoms with van der Waals surface area (Å²) >= 11 is 1.50. The van der Waals surface area contributed by atoms with Crippen molar-refractivity contribution in [1.82, 2.24) is 15.1 Å². The fourth-order valence-electron chi connectivity index (χ4n) is 3.17. The van der Waals surface area contributed by atoms with Gasteiger partial charge in [0.1, 0.15) is 6.10 Å². The zero-order valence-corrected chi connectivity index (χ0v) is 15.5. The van der Waals surface area contributed by atoms with Crippen molar-refractivity contribution in [3.63, 3.8) is 0 Å². The molecule has 0 spiro atoms. The van der Waals surface area contributed by atoms with Gasteiger partial charge in [0.15, 0.2) is 0 Å². The van der Waals surface area contributed by atoms with Gasteiger partial charge in [-0.25, -0.2) is 0 Å². The first-order valence-electron chi connectivity index (χ1n) is 8.75. The summed E-state index contributed by atoms with van der Waals surface area (Å²) in [5, 5.41) is 7.70. The average Bonchev–Trinajstić information content (AvgIpc) is 3.26. The molecule has 26 heavy (non-hydrogen) atoms. The second-order valence-electron chi connectivity index (χ2n) is 6.45. The molecular formula is C20H21N3O2S. The van der Waals surface area contributed by atoms with Crippen LogP contribution >= 0.6 is 11.3 Å². The van der Waals surface area contributed by atoms with Crippen molar-refractivity contribution >= 4 is 17.2 Å². The molecule has 5 nitrogen and oxygen atoms in total. The van der Waals surface area contributed by atoms with E-state index in [2.05, 4.69) is 23.6 Å². The van der Waals surface area contributed by atoms with Gasteiger partial charge < -0.3 is 10.1 Å². The smallest absolute Gasteiger partial charge is 0.261 e. The Morgan fingerprint density at radius 2 is 2.15 bits per heavy atom. The van der Waals surface area contributed by atoms with Crippen molar-refractivity contribution in [1.29, 1.82) is 0 Å². The lowest BCUT2D eigenvalue weighted by Crippen LogP contribution is -2.31. The number of benzene rings is 1. The normalized spacial score (nSPS) is 16.3. The number of aromatic nitrogens is 2. The van der Waals surface area contributed by atoms with E-state index in [1.165, 1.54) is 22.5 Å². The van der Waals surface area contributed by atoms with Crippen LogP contribution in [0.2, 0.25) is 0 Å². The molecule has 2 aromatic heterocycles. The maximum absolute atomic E-state index is 12.3. The molecule has 1 N–H and O–H groups in total. The van der Waals surface area contributed by atoms with Crippen LogP contribution in [0.15, 0.2) is 48.7 Å². The van der Waals surface area contributed by atoms with Gasteiger partial charge in [0.05, 0.1) is 23.7 Å². The molecule has 0 bridgehead atoms. The molecule has 0 fully saturated rings. The number of thiophene rings is 1. The summed E-state index contributed by atoms with van der Waals surface area (Å²) in [4.78, 5) is 14.1. The Bertz CT molecular complexity index is 901. The minimum Gasteiger partial charge on any atom is -0.370 e. The zero-order valence-electron chi connectivity index (χ0n) is 14.6. The van der Waals surface area contributed by atoms with E-state index in [9.17, 15) is 4.79 Å². The molecular weight excluding hydrogens is 346 g/mol. The predicted octanol–water partition coefficient (Wildman–Crippen LogP) is 3.35. The number of ether oxygens (including phenoxy) is 1. The Kier molecular flexibility index (Phi) is 4.86. The number of hydrogen-bond acceptors (Lipinski definition) is 4. The van der Waals surface area contributed by atoms with E-state index in [1.54, 1.807) is 0 Å². The van der Waals surface area contributed by atoms with Gasteiger partial charge in [-0.05, 0) is 36.6 Å². The Morgan fingerprint density at radius 3 is 2.92 bits per heavy atom. The molecule has 0 aliphatic carbocycles. The molecule has 3 aromatic rings. The van der Waals surface area contributed by atoms with Crippen LogP contribution < -0.4 is 5.32 Å². The van der Waals surface area contributed by atoms with Crippen LogP contribution in [0.1, 0.15) is 37.5 Å². The molecule has 6 heteroatoms. The number of rotatable bonds is 5. The largest absolute Gasteiger partial charge is 0.370 e. The summed E-state index contributed by atoms with van der Waals surface area (Å²) in [6.07, 6.45) is 2.77. The molecule has 3 heterocycles. The Labute approximate surface area is 156 Å². The van der Waals surface area contributed by atoms with E-state index in [0.717, 1.165) is 28.4 Å². The van der Waals surface area contributed by atoms with Crippen LogP contribution in [0, 0.1) is 6.92 Å². The fraction of sp³-hybridized carbons (Fsp3) is 0.300. The summed E-state index contributed by atoms with van der Waals surface area (Å²) < 4.78 is 7.84. The minimum atomic E-state index is -0.194. The molecule has 0 saturated carbocycles. The van der Waals surface area contributed by atoms with Gasteiger partial charge in [-0.3, -0.25) is 9.48 Å². The molecule has 0 radical (unpaired) electrons. The molecule has 1 aromatic carbocycles. The third kappa shape index (κ3) is 3.71. The number of hydrogen-bond donors (Lipinski definition) is 1. The van der Waals surface area contributed by atoms with Crippen molar-refractivity contribution in [3.8, 4) is 0 Å². The van der Waals surface area contributed by atoms with E-state index in [1.807, 2.05) is 41.9 Å². The van der Waals surface area contributed by atoms with Crippen molar-refractivity contribution < 1.29 is 9.53 Å². The fourth-order valence-corrected chi connectivity index (χ4v) is 3.95. The topological polar surface area (TPSA) is 56.1 Å². The maximum atomic E-state index is 12.3. The quantitative estimate of drug-likeness (QED) is 0.752. The van der Waals surface area contributed by atoms with Crippen molar-refractivity contribution in [2.24, 2.45) is 0 Å². The number of carbonyl (C=O) groups is 1. The Balaban J connectivity index is 1.44. The summed E-state index contributed by atoms with van der Waals surface area (Å²) in [5.74, 6) is -0.0532. The number of nitrogens with zero attached hydrogens (tertiary/aromatic N) is 2. The Hall–Kier alpha value is -2.44. The van der Waals surface area contributed by atoms with Gasteiger partial charge in [0.2, 0.25) is 0 Å². The lowest BCUT2D eigenvalue weighted by atomic mass is 10.1. The van der Waals surface area contributed by atoms with Crippen LogP contribution in [0.3, 0.4) is 0 Å². The molecule has 1 atom stereocenters. The third-order valence-corrected chi connectivity index (χ3v) is 5.46. The molecule has 0 saturated heterocycles. The lowest BCUT2D eigenvalue weighted by molar-refractivity contribution is 0.0384. The number of nitrogens with one attached hydrogen (secondary N) is 1. The van der Waals surface area contributed by atoms with Gasteiger partial charge >= 0.3 is 0 Å². The number of fused-ring (bicyclic) bond motifs is 1. The van der Waals surface area contributed by atoms with E-state index >= 15 is 0 Å². The second-order valence-corrected chi connectivity index (χ2v) is 7.74. The second kappa shape index (κ2) is 7.43. The van der Waals surface area contributed by atoms with Crippen LogP contribution in [0.25, 0.3) is 0 Å². The first-order chi connectivity index (χ1) is 12.7. The molecule has 1 aliphatic heterocycles. The van der Waals surface area contributed by atoms with Crippen molar-refractivity contribution in [2.45, 2.75) is 26.0 Å². The highest BCUT2D eigenvalue weighted by Crippen LogP contribution is 2.26. The first kappa shape index (κ1) is 17.0. The van der Waals surface area contributed by atoms with Gasteiger partial charge in [-0.15, -0.1) is 11.3 Å². The van der Waals surface area contributed by atoms with Gasteiger partial charge in [0, 0.05) is 17.6 Å².